The first-order valence-electron chi connectivity index (χ1n) is 4.85. The van der Waals surface area contributed by atoms with E-state index in [1.807, 2.05) is 12.1 Å². The van der Waals surface area contributed by atoms with Crippen molar-refractivity contribution in [2.45, 2.75) is 13.3 Å². The van der Waals surface area contributed by atoms with Gasteiger partial charge < -0.3 is 0 Å². The van der Waals surface area contributed by atoms with Crippen molar-refractivity contribution in [1.29, 1.82) is 0 Å². The van der Waals surface area contributed by atoms with Crippen molar-refractivity contribution in [3.05, 3.63) is 36.4 Å². The Bertz CT molecular complexity index is 526. The Balaban J connectivity index is 2.07. The van der Waals surface area contributed by atoms with Crippen molar-refractivity contribution in [1.82, 2.24) is 14.8 Å². The van der Waals surface area contributed by atoms with Crippen molar-refractivity contribution in [3.63, 3.8) is 0 Å². The number of nitrogens with zero attached hydrogens (tertiary/aromatic N) is 4. The molecule has 0 spiro atoms. The van der Waals surface area contributed by atoms with Gasteiger partial charge in [0.05, 0.1) is 11.4 Å². The molecule has 4 heteroatoms. The molecule has 0 saturated carbocycles. The van der Waals surface area contributed by atoms with Crippen LogP contribution in [0.5, 0.6) is 0 Å². The van der Waals surface area contributed by atoms with Gasteiger partial charge in [-0.25, -0.2) is 9.67 Å². The average Bonchev–Trinajstić information content (AvgIpc) is 2.82. The summed E-state index contributed by atoms with van der Waals surface area (Å²) in [4.78, 5) is 8.38. The Morgan fingerprint density at radius 3 is 3.07 bits per heavy atom. The number of fused-ring (bicyclic) bond motifs is 1. The molecule has 4 nitrogen and oxygen atoms in total. The highest BCUT2D eigenvalue weighted by atomic mass is 15.3. The molecule has 0 atom stereocenters. The van der Waals surface area contributed by atoms with Crippen LogP contribution in [-0.2, 0) is 6.42 Å². The molecule has 0 radical (unpaired) electrons. The van der Waals surface area contributed by atoms with Crippen LogP contribution >= 0.6 is 0 Å². The monoisotopic (exact) mass is 198 g/mol. The van der Waals surface area contributed by atoms with E-state index in [1.165, 1.54) is 17.6 Å². The normalized spacial score (nSPS) is 13.8. The van der Waals surface area contributed by atoms with Gasteiger partial charge in [-0.1, -0.05) is 0 Å². The lowest BCUT2D eigenvalue weighted by Crippen LogP contribution is -1.95. The standard InChI is InChI=1S/C11H10N4/c1-8-4-9-5-10(2-3-11(9)14-8)15-7-12-6-13-15/h2-3,5-7H,4H2,1H3. The van der Waals surface area contributed by atoms with E-state index in [0.29, 0.717) is 0 Å². The van der Waals surface area contributed by atoms with E-state index < -0.39 is 0 Å². The van der Waals surface area contributed by atoms with E-state index in [0.717, 1.165) is 17.8 Å². The minimum atomic E-state index is 0.942. The smallest absolute Gasteiger partial charge is 0.138 e. The van der Waals surface area contributed by atoms with Crippen molar-refractivity contribution >= 4 is 11.4 Å². The molecule has 0 fully saturated rings. The third-order valence-electron chi connectivity index (χ3n) is 2.50. The molecule has 2 aromatic rings. The highest BCUT2D eigenvalue weighted by Crippen LogP contribution is 2.28. The van der Waals surface area contributed by atoms with Gasteiger partial charge in [-0.3, -0.25) is 4.99 Å². The molecule has 1 aliphatic rings. The summed E-state index contributed by atoms with van der Waals surface area (Å²) in [6, 6.07) is 6.16. The average molecular weight is 198 g/mol. The zero-order chi connectivity index (χ0) is 10.3. The van der Waals surface area contributed by atoms with Crippen LogP contribution in [0.1, 0.15) is 12.5 Å². The third kappa shape index (κ3) is 1.34. The summed E-state index contributed by atoms with van der Waals surface area (Å²) in [5, 5.41) is 4.10. The number of benzene rings is 1. The first-order chi connectivity index (χ1) is 7.33. The van der Waals surface area contributed by atoms with E-state index in [4.69, 9.17) is 0 Å². The lowest BCUT2D eigenvalue weighted by atomic mass is 10.1. The highest BCUT2D eigenvalue weighted by Gasteiger charge is 2.11. The minimum absolute atomic E-state index is 0.942. The molecule has 0 unspecified atom stereocenters. The summed E-state index contributed by atoms with van der Waals surface area (Å²) < 4.78 is 1.76. The number of rotatable bonds is 1. The van der Waals surface area contributed by atoms with Crippen LogP contribution in [-0.4, -0.2) is 20.5 Å². The van der Waals surface area contributed by atoms with E-state index in [1.54, 1.807) is 11.0 Å². The van der Waals surface area contributed by atoms with Gasteiger partial charge >= 0.3 is 0 Å². The highest BCUT2D eigenvalue weighted by molar-refractivity contribution is 5.92. The zero-order valence-corrected chi connectivity index (χ0v) is 8.38. The first-order valence-corrected chi connectivity index (χ1v) is 4.85. The second kappa shape index (κ2) is 3.02. The van der Waals surface area contributed by atoms with E-state index in [-0.39, 0.29) is 0 Å². The molecule has 3 rings (SSSR count). The fourth-order valence-electron chi connectivity index (χ4n) is 1.83. The molecule has 1 aromatic heterocycles. The van der Waals surface area contributed by atoms with Crippen LogP contribution in [0.4, 0.5) is 5.69 Å². The zero-order valence-electron chi connectivity index (χ0n) is 8.38. The topological polar surface area (TPSA) is 43.1 Å². The molecule has 1 aromatic carbocycles. The van der Waals surface area contributed by atoms with Crippen LogP contribution < -0.4 is 0 Å². The van der Waals surface area contributed by atoms with Crippen LogP contribution in [0.25, 0.3) is 5.69 Å². The second-order valence-electron chi connectivity index (χ2n) is 3.68. The second-order valence-corrected chi connectivity index (χ2v) is 3.68. The molecule has 2 heterocycles. The fraction of sp³-hybridized carbons (Fsp3) is 0.182. The van der Waals surface area contributed by atoms with Gasteiger partial charge in [-0.15, -0.1) is 0 Å². The van der Waals surface area contributed by atoms with Gasteiger partial charge in [-0.2, -0.15) is 5.10 Å². The number of aromatic nitrogens is 3. The lowest BCUT2D eigenvalue weighted by Gasteiger charge is -2.02. The van der Waals surface area contributed by atoms with Crippen LogP contribution in [0, 0.1) is 0 Å². The maximum Gasteiger partial charge on any atom is 0.138 e. The van der Waals surface area contributed by atoms with Crippen LogP contribution in [0.15, 0.2) is 35.8 Å². The Morgan fingerprint density at radius 2 is 2.27 bits per heavy atom. The van der Waals surface area contributed by atoms with Gasteiger partial charge in [-0.05, 0) is 30.7 Å². The number of hydrogen-bond donors (Lipinski definition) is 0. The molecule has 0 saturated heterocycles. The molecule has 15 heavy (non-hydrogen) atoms. The quantitative estimate of drug-likeness (QED) is 0.702. The van der Waals surface area contributed by atoms with Gasteiger partial charge in [0.1, 0.15) is 12.7 Å². The van der Waals surface area contributed by atoms with Gasteiger partial charge in [0.15, 0.2) is 0 Å². The van der Waals surface area contributed by atoms with Gasteiger partial charge in [0.2, 0.25) is 0 Å². The van der Waals surface area contributed by atoms with E-state index in [9.17, 15) is 0 Å². The van der Waals surface area contributed by atoms with E-state index >= 15 is 0 Å². The van der Waals surface area contributed by atoms with E-state index in [2.05, 4.69) is 28.1 Å². The van der Waals surface area contributed by atoms with Gasteiger partial charge in [0, 0.05) is 12.1 Å². The fourth-order valence-corrected chi connectivity index (χ4v) is 1.83. The summed E-state index contributed by atoms with van der Waals surface area (Å²) in [5.41, 5.74) is 4.55. The maximum absolute atomic E-state index is 4.45. The molecule has 74 valence electrons. The number of hydrogen-bond acceptors (Lipinski definition) is 3. The molecule has 0 bridgehead atoms. The Labute approximate surface area is 87.3 Å². The predicted molar refractivity (Wildman–Crippen MR) is 57.8 cm³/mol. The minimum Gasteiger partial charge on any atom is -0.257 e. The summed E-state index contributed by atoms with van der Waals surface area (Å²) >= 11 is 0. The van der Waals surface area contributed by atoms with Crippen molar-refractivity contribution < 1.29 is 0 Å². The third-order valence-corrected chi connectivity index (χ3v) is 2.50. The molecular weight excluding hydrogens is 188 g/mol. The summed E-state index contributed by atoms with van der Waals surface area (Å²) in [6.45, 7) is 2.05. The SMILES string of the molecule is CC1=Nc2ccc(-n3cncn3)cc2C1. The van der Waals surface area contributed by atoms with Crippen LogP contribution in [0.2, 0.25) is 0 Å². The van der Waals surface area contributed by atoms with Crippen LogP contribution in [0.3, 0.4) is 0 Å². The lowest BCUT2D eigenvalue weighted by molar-refractivity contribution is 0.877. The summed E-state index contributed by atoms with van der Waals surface area (Å²) in [6.07, 6.45) is 4.18. The summed E-state index contributed by atoms with van der Waals surface area (Å²) in [5.74, 6) is 0. The number of aliphatic imine (C=N–C) groups is 1. The van der Waals surface area contributed by atoms with Gasteiger partial charge in [0.25, 0.3) is 0 Å². The molecule has 1 aliphatic heterocycles. The summed E-state index contributed by atoms with van der Waals surface area (Å²) in [7, 11) is 0. The Morgan fingerprint density at radius 1 is 1.33 bits per heavy atom. The molecule has 0 aliphatic carbocycles. The predicted octanol–water partition coefficient (Wildman–Crippen LogP) is 1.92. The van der Waals surface area contributed by atoms with Crippen molar-refractivity contribution in [2.24, 2.45) is 4.99 Å². The van der Waals surface area contributed by atoms with Crippen molar-refractivity contribution in [3.8, 4) is 5.69 Å². The Hall–Kier alpha value is -1.97. The first kappa shape index (κ1) is 8.35. The maximum atomic E-state index is 4.45. The molecular formula is C11H10N4. The largest absolute Gasteiger partial charge is 0.257 e. The Kier molecular flexibility index (Phi) is 1.68. The van der Waals surface area contributed by atoms with Crippen molar-refractivity contribution in [2.75, 3.05) is 0 Å². The molecule has 0 amide bonds. The molecule has 0 N–H and O–H groups in total.